The first-order valence-corrected chi connectivity index (χ1v) is 19.3. The third-order valence-electron chi connectivity index (χ3n) is 11.0. The summed E-state index contributed by atoms with van der Waals surface area (Å²) < 4.78 is 116. The van der Waals surface area contributed by atoms with Crippen LogP contribution in [0.15, 0.2) is 170 Å². The monoisotopic (exact) mass is 967 g/mol. The molecule has 3 aromatic heterocycles. The number of fused-ring (bicyclic) bond motifs is 5. The van der Waals surface area contributed by atoms with Crippen LogP contribution < -0.4 is 9.30 Å². The Labute approximate surface area is 381 Å². The van der Waals surface area contributed by atoms with E-state index in [4.69, 9.17) is 26.2 Å². The van der Waals surface area contributed by atoms with Gasteiger partial charge >= 0.3 is 0 Å². The van der Waals surface area contributed by atoms with Crippen LogP contribution in [0.3, 0.4) is 0 Å². The zero-order valence-corrected chi connectivity index (χ0v) is 34.6. The SMILES string of the molecule is [2H]c1c([2H])c([2H])c(-c2cccc(-c3c([2H])c([2H])c([2H])c([2H])c3[2H])c2-[n+]2[c-]n(-c3[c-]c(Oc4[c-]c5c(cc4)c4ccccc4n5-c4cc5c(cn4)C([2H])([2H])CCC5(C)C)ccc3)c3ccccc32)c([2H])c1[2H].[Pt]. The van der Waals surface area contributed by atoms with E-state index in [1.54, 1.807) is 63.9 Å². The van der Waals surface area contributed by atoms with E-state index in [2.05, 4.69) is 32.3 Å². The molecule has 0 amide bonds. The minimum absolute atomic E-state index is 0. The van der Waals surface area contributed by atoms with E-state index >= 15 is 0 Å². The van der Waals surface area contributed by atoms with Crippen LogP contribution in [0.1, 0.15) is 54.3 Å². The standard InChI is InChI=1S/C54H40N4O.Pt/c1-54(2)31-15-20-39-35-55-52(34-47(39)54)58-48-26-10-9-23-45(48)46-30-29-42(33-51(46)58)59-41-22-13-21-40(32-41)56-36-57(50-28-12-11-27-49(50)56)53-43(37-16-5-3-6-17-37)24-14-25-44(53)38-18-7-4-8-19-38;/h3-14,16-19,21-30,34-35H,15,20,31H2,1-2H3;/q-2;/i3D,4D,5D,6D,7D,8D,16D,17D,18D,19D,20D2;. The number of aromatic nitrogens is 4. The molecule has 11 rings (SSSR count). The van der Waals surface area contributed by atoms with Crippen molar-refractivity contribution in [2.45, 2.75) is 38.5 Å². The number of nitrogens with zero attached hydrogens (tertiary/aromatic N) is 4. The molecule has 0 unspecified atom stereocenters. The fraction of sp³-hybridized carbons (Fsp3) is 0.111. The third kappa shape index (κ3) is 6.45. The van der Waals surface area contributed by atoms with Crippen molar-refractivity contribution in [3.8, 4) is 50.9 Å². The summed E-state index contributed by atoms with van der Waals surface area (Å²) in [6, 6.07) is 32.6. The first-order valence-electron chi connectivity index (χ1n) is 25.3. The normalized spacial score (nSPS) is 17.0. The van der Waals surface area contributed by atoms with Crippen LogP contribution in [0.4, 0.5) is 0 Å². The van der Waals surface area contributed by atoms with Gasteiger partial charge in [-0.3, -0.25) is 4.57 Å². The van der Waals surface area contributed by atoms with E-state index in [1.807, 2.05) is 59.2 Å². The quantitative estimate of drug-likeness (QED) is 0.118. The number of aryl methyl sites for hydroxylation is 1. The molecule has 0 aliphatic heterocycles. The van der Waals surface area contributed by atoms with Crippen LogP contribution in [0.5, 0.6) is 11.5 Å². The van der Waals surface area contributed by atoms with E-state index in [1.165, 1.54) is 0 Å². The number of hydrogen-bond donors (Lipinski definition) is 0. The molecule has 1 aliphatic carbocycles. The predicted octanol–water partition coefficient (Wildman–Crippen LogP) is 12.5. The van der Waals surface area contributed by atoms with Gasteiger partial charge in [-0.05, 0) is 81.2 Å². The van der Waals surface area contributed by atoms with Crippen molar-refractivity contribution in [2.75, 3.05) is 0 Å². The number of benzene rings is 7. The van der Waals surface area contributed by atoms with Gasteiger partial charge < -0.3 is 13.9 Å². The average Bonchev–Trinajstić information content (AvgIpc) is 3.91. The van der Waals surface area contributed by atoms with Gasteiger partial charge in [0.1, 0.15) is 5.82 Å². The molecular weight excluding hydrogens is 916 g/mol. The van der Waals surface area contributed by atoms with Gasteiger partial charge in [0.25, 0.3) is 6.33 Å². The molecule has 0 bridgehead atoms. The van der Waals surface area contributed by atoms with Gasteiger partial charge in [-0.25, -0.2) is 4.98 Å². The Morgan fingerprint density at radius 2 is 1.42 bits per heavy atom. The van der Waals surface area contributed by atoms with Crippen molar-refractivity contribution in [2.24, 2.45) is 0 Å². The number of hydrogen-bond acceptors (Lipinski definition) is 2. The molecule has 0 atom stereocenters. The van der Waals surface area contributed by atoms with Crippen molar-refractivity contribution in [3.63, 3.8) is 0 Å². The summed E-state index contributed by atoms with van der Waals surface area (Å²) in [4.78, 5) is 4.85. The van der Waals surface area contributed by atoms with Crippen LogP contribution in [0.2, 0.25) is 0 Å². The van der Waals surface area contributed by atoms with Gasteiger partial charge in [-0.15, -0.1) is 29.7 Å². The molecule has 6 heteroatoms. The molecule has 0 spiro atoms. The van der Waals surface area contributed by atoms with E-state index < -0.39 is 66.8 Å². The topological polar surface area (TPSA) is 35.9 Å². The first kappa shape index (κ1) is 26.5. The van der Waals surface area contributed by atoms with Gasteiger partial charge in [0, 0.05) is 47.0 Å². The van der Waals surface area contributed by atoms with Gasteiger partial charge in [-0.1, -0.05) is 140 Å². The summed E-state index contributed by atoms with van der Waals surface area (Å²) in [5.74, 6) is 1.35. The Morgan fingerprint density at radius 1 is 0.733 bits per heavy atom. The largest absolute Gasteiger partial charge is 0.510 e. The predicted molar refractivity (Wildman–Crippen MR) is 237 cm³/mol. The van der Waals surface area contributed by atoms with Crippen molar-refractivity contribution in [3.05, 3.63) is 199 Å². The van der Waals surface area contributed by atoms with Crippen LogP contribution in [0, 0.1) is 18.5 Å². The average molecular weight is 968 g/mol. The fourth-order valence-corrected chi connectivity index (χ4v) is 8.19. The van der Waals surface area contributed by atoms with E-state index in [-0.39, 0.29) is 54.4 Å². The zero-order chi connectivity index (χ0) is 50.0. The molecule has 60 heavy (non-hydrogen) atoms. The first-order chi connectivity index (χ1) is 33.9. The van der Waals surface area contributed by atoms with E-state index in [0.29, 0.717) is 58.0 Å². The third-order valence-corrected chi connectivity index (χ3v) is 11.0. The van der Waals surface area contributed by atoms with Crippen LogP contribution >= 0.6 is 0 Å². The minimum Gasteiger partial charge on any atom is -0.510 e. The summed E-state index contributed by atoms with van der Waals surface area (Å²) >= 11 is 0. The second kappa shape index (κ2) is 15.2. The number of ether oxygens (including phenoxy) is 1. The molecule has 294 valence electrons. The summed E-state index contributed by atoms with van der Waals surface area (Å²) in [6.45, 7) is 4.28. The molecule has 5 nitrogen and oxygen atoms in total. The molecule has 0 fully saturated rings. The summed E-state index contributed by atoms with van der Waals surface area (Å²) in [7, 11) is 0. The van der Waals surface area contributed by atoms with Gasteiger partial charge in [-0.2, -0.15) is 18.2 Å². The van der Waals surface area contributed by atoms with Crippen molar-refractivity contribution < 1.29 is 46.8 Å². The minimum atomic E-state index is -1.49. The Bertz CT molecular complexity index is 3760. The number of para-hydroxylation sites is 4. The fourth-order valence-electron chi connectivity index (χ4n) is 8.19. The molecule has 7 aromatic carbocycles. The number of imidazole rings is 1. The molecule has 1 aliphatic rings. The Morgan fingerprint density at radius 3 is 2.18 bits per heavy atom. The van der Waals surface area contributed by atoms with Crippen LogP contribution in [-0.4, -0.2) is 14.1 Å². The molecule has 0 saturated heterocycles. The van der Waals surface area contributed by atoms with E-state index in [0.717, 1.165) is 21.9 Å². The Balaban J connectivity index is 0.00000596. The number of rotatable bonds is 7. The molecule has 0 N–H and O–H groups in total. The van der Waals surface area contributed by atoms with Crippen LogP contribution in [0.25, 0.3) is 72.3 Å². The summed E-state index contributed by atoms with van der Waals surface area (Å²) in [5.41, 5.74) is 4.57. The van der Waals surface area contributed by atoms with Crippen molar-refractivity contribution in [1.29, 1.82) is 0 Å². The Hall–Kier alpha value is -6.55. The molecular formula is C54H40N4OPt-2. The van der Waals surface area contributed by atoms with Gasteiger partial charge in [0.2, 0.25) is 0 Å². The molecule has 3 heterocycles. The summed E-state index contributed by atoms with van der Waals surface area (Å²) in [6.07, 6.45) is 4.68. The maximum absolute atomic E-state index is 9.00. The van der Waals surface area contributed by atoms with E-state index in [9.17, 15) is 0 Å². The maximum Gasteiger partial charge on any atom is 0.268 e. The molecule has 0 radical (unpaired) electrons. The Kier molecular flexibility index (Phi) is 6.74. The molecule has 0 saturated carbocycles. The molecule has 10 aromatic rings. The van der Waals surface area contributed by atoms with Gasteiger partial charge in [0.15, 0.2) is 0 Å². The smallest absolute Gasteiger partial charge is 0.268 e. The van der Waals surface area contributed by atoms with Crippen molar-refractivity contribution >= 4 is 32.8 Å². The second-order valence-corrected chi connectivity index (χ2v) is 15.0. The number of pyridine rings is 1. The summed E-state index contributed by atoms with van der Waals surface area (Å²) in [5, 5.41) is 1.91. The van der Waals surface area contributed by atoms with Crippen LogP contribution in [-0.2, 0) is 32.9 Å². The second-order valence-electron chi connectivity index (χ2n) is 15.0. The maximum atomic E-state index is 9.00. The van der Waals surface area contributed by atoms with Crippen molar-refractivity contribution in [1.82, 2.24) is 14.1 Å². The van der Waals surface area contributed by atoms with Gasteiger partial charge in [0.05, 0.1) is 30.4 Å². The zero-order valence-electron chi connectivity index (χ0n) is 44.3.